The van der Waals surface area contributed by atoms with Crippen LogP contribution in [0.5, 0.6) is 0 Å². The first-order valence-electron chi connectivity index (χ1n) is 17.1. The first kappa shape index (κ1) is 29.3. The Morgan fingerprint density at radius 1 is 0.800 bits per heavy atom. The fourth-order valence-corrected chi connectivity index (χ4v) is 8.69. The first-order valence-corrected chi connectivity index (χ1v) is 17.1. The summed E-state index contributed by atoms with van der Waals surface area (Å²) >= 11 is 0. The third-order valence-corrected chi connectivity index (χ3v) is 11.3. The van der Waals surface area contributed by atoms with Crippen LogP contribution in [-0.2, 0) is 4.79 Å². The van der Waals surface area contributed by atoms with Crippen LogP contribution >= 0.6 is 0 Å². The lowest BCUT2D eigenvalue weighted by Gasteiger charge is -2.44. The van der Waals surface area contributed by atoms with E-state index in [2.05, 4.69) is 48.6 Å². The molecule has 5 heterocycles. The summed E-state index contributed by atoms with van der Waals surface area (Å²) in [5, 5.41) is 22.6. The zero-order chi connectivity index (χ0) is 27.3. The molecule has 9 nitrogen and oxygen atoms in total. The molecule has 0 aromatic carbocycles. The van der Waals surface area contributed by atoms with Crippen molar-refractivity contribution in [1.29, 1.82) is 0 Å². The molecule has 6 aliphatic rings. The van der Waals surface area contributed by atoms with E-state index in [0.29, 0.717) is 36.1 Å². The smallest absolute Gasteiger partial charge is 0.224 e. The second-order valence-corrected chi connectivity index (χ2v) is 14.1. The van der Waals surface area contributed by atoms with Crippen LogP contribution in [0.2, 0.25) is 0 Å². The molecule has 40 heavy (non-hydrogen) atoms. The lowest BCUT2D eigenvalue weighted by molar-refractivity contribution is -0.127. The molecule has 1 saturated carbocycles. The standard InChI is InChI=1S/C31H58N8O/c1-22-7-9-25(35-30(40)23-8-10-29(34-20-23)39-15-3-2-4-16-39)18-28(22)37-31-33-12-11-27(36-31)24-17-26(21-32-19-24)38-13-5-6-14-38/h22-29,31-34,36-37H,2-21H2,1H3,(H,35,40). The summed E-state index contributed by atoms with van der Waals surface area (Å²) < 4.78 is 0. The molecule has 5 saturated heterocycles. The predicted molar refractivity (Wildman–Crippen MR) is 161 cm³/mol. The summed E-state index contributed by atoms with van der Waals surface area (Å²) in [6.07, 6.45) is 15.3. The Kier molecular flexibility index (Phi) is 10.3. The van der Waals surface area contributed by atoms with E-state index in [9.17, 15) is 4.79 Å². The van der Waals surface area contributed by atoms with Gasteiger partial charge < -0.3 is 16.0 Å². The normalized spacial score (nSPS) is 42.5. The van der Waals surface area contributed by atoms with Gasteiger partial charge in [0.25, 0.3) is 0 Å². The zero-order valence-electron chi connectivity index (χ0n) is 25.1. The lowest BCUT2D eigenvalue weighted by Crippen LogP contribution is -2.67. The van der Waals surface area contributed by atoms with Crippen molar-refractivity contribution in [3.8, 4) is 0 Å². The minimum atomic E-state index is 0.114. The number of hydrogen-bond acceptors (Lipinski definition) is 8. The summed E-state index contributed by atoms with van der Waals surface area (Å²) in [6.45, 7) is 11.6. The van der Waals surface area contributed by atoms with E-state index in [1.54, 1.807) is 0 Å². The second-order valence-electron chi connectivity index (χ2n) is 14.1. The Hall–Kier alpha value is -0.810. The molecule has 1 aliphatic carbocycles. The highest BCUT2D eigenvalue weighted by Crippen LogP contribution is 2.28. The number of likely N-dealkylation sites (tertiary alicyclic amines) is 2. The second kappa shape index (κ2) is 14.1. The van der Waals surface area contributed by atoms with Crippen molar-refractivity contribution in [2.75, 3.05) is 52.4 Å². The highest BCUT2D eigenvalue weighted by molar-refractivity contribution is 5.79. The maximum atomic E-state index is 13.2. The summed E-state index contributed by atoms with van der Waals surface area (Å²) in [5.74, 6) is 1.70. The average Bonchev–Trinajstić information content (AvgIpc) is 3.55. The minimum Gasteiger partial charge on any atom is -0.353 e. The number of carbonyl (C=O) groups excluding carboxylic acids is 1. The van der Waals surface area contributed by atoms with Crippen molar-refractivity contribution in [3.63, 3.8) is 0 Å². The van der Waals surface area contributed by atoms with Crippen molar-refractivity contribution >= 4 is 5.91 Å². The molecule has 9 heteroatoms. The third kappa shape index (κ3) is 7.39. The van der Waals surface area contributed by atoms with Crippen molar-refractivity contribution in [3.05, 3.63) is 0 Å². The number of carbonyl (C=O) groups is 1. The lowest BCUT2D eigenvalue weighted by atomic mass is 9.82. The van der Waals surface area contributed by atoms with E-state index in [1.807, 2.05) is 0 Å². The molecule has 228 valence electrons. The molecule has 0 aromatic heterocycles. The third-order valence-electron chi connectivity index (χ3n) is 11.3. The van der Waals surface area contributed by atoms with Gasteiger partial charge in [0, 0.05) is 37.3 Å². The number of amides is 1. The minimum absolute atomic E-state index is 0.114. The molecule has 1 amide bonds. The SMILES string of the molecule is CC1CCC(NC(=O)C2CCC(N3CCCCC3)NC2)CC1NC1NCCC(C2CNCC(N3CCCC3)C2)N1. The maximum absolute atomic E-state index is 13.2. The predicted octanol–water partition coefficient (Wildman–Crippen LogP) is 1.37. The summed E-state index contributed by atoms with van der Waals surface area (Å²) in [5.41, 5.74) is 0. The summed E-state index contributed by atoms with van der Waals surface area (Å²) in [6, 6.07) is 1.96. The van der Waals surface area contributed by atoms with E-state index in [4.69, 9.17) is 0 Å². The largest absolute Gasteiger partial charge is 0.353 e. The monoisotopic (exact) mass is 558 g/mol. The van der Waals surface area contributed by atoms with Gasteiger partial charge in [0.15, 0.2) is 0 Å². The Bertz CT molecular complexity index is 794. The Balaban J connectivity index is 0.949. The van der Waals surface area contributed by atoms with Crippen LogP contribution in [-0.4, -0.2) is 105 Å². The molecule has 0 aromatic rings. The van der Waals surface area contributed by atoms with Crippen LogP contribution in [0.1, 0.15) is 84.0 Å². The topological polar surface area (TPSA) is 95.7 Å². The van der Waals surface area contributed by atoms with Gasteiger partial charge in [-0.3, -0.25) is 30.5 Å². The number of piperidine rings is 3. The van der Waals surface area contributed by atoms with E-state index in [-0.39, 0.29) is 24.2 Å². The summed E-state index contributed by atoms with van der Waals surface area (Å²) in [7, 11) is 0. The van der Waals surface area contributed by atoms with E-state index < -0.39 is 0 Å². The molecule has 6 rings (SSSR count). The van der Waals surface area contributed by atoms with Gasteiger partial charge in [0.05, 0.1) is 12.1 Å². The van der Waals surface area contributed by atoms with Crippen molar-refractivity contribution in [2.24, 2.45) is 17.8 Å². The van der Waals surface area contributed by atoms with Crippen molar-refractivity contribution < 1.29 is 4.79 Å². The van der Waals surface area contributed by atoms with Crippen molar-refractivity contribution in [2.45, 2.75) is 121 Å². The molecule has 9 unspecified atom stereocenters. The molecular formula is C31H58N8O. The number of nitrogens with one attached hydrogen (secondary N) is 6. The molecule has 5 aliphatic heterocycles. The summed E-state index contributed by atoms with van der Waals surface area (Å²) in [4.78, 5) is 18.6. The zero-order valence-corrected chi connectivity index (χ0v) is 25.1. The average molecular weight is 559 g/mol. The van der Waals surface area contributed by atoms with E-state index >= 15 is 0 Å². The fourth-order valence-electron chi connectivity index (χ4n) is 8.69. The van der Waals surface area contributed by atoms with Gasteiger partial charge in [0.1, 0.15) is 6.29 Å². The van der Waals surface area contributed by atoms with Crippen molar-refractivity contribution in [1.82, 2.24) is 41.7 Å². The molecule has 0 radical (unpaired) electrons. The highest BCUT2D eigenvalue weighted by atomic mass is 16.2. The van der Waals surface area contributed by atoms with Gasteiger partial charge in [-0.15, -0.1) is 0 Å². The Morgan fingerprint density at radius 2 is 1.60 bits per heavy atom. The number of nitrogens with zero attached hydrogens (tertiary/aromatic N) is 2. The van der Waals surface area contributed by atoms with Crippen LogP contribution in [0.4, 0.5) is 0 Å². The number of rotatable bonds is 7. The molecule has 0 spiro atoms. The van der Waals surface area contributed by atoms with Crippen LogP contribution in [0, 0.1) is 17.8 Å². The van der Waals surface area contributed by atoms with Gasteiger partial charge in [-0.25, -0.2) is 0 Å². The fraction of sp³-hybridized carbons (Fsp3) is 0.968. The van der Waals surface area contributed by atoms with Crippen LogP contribution in [0.3, 0.4) is 0 Å². The number of hydrogen-bond donors (Lipinski definition) is 6. The Morgan fingerprint density at radius 3 is 2.40 bits per heavy atom. The van der Waals surface area contributed by atoms with Gasteiger partial charge in [-0.05, 0) is 122 Å². The van der Waals surface area contributed by atoms with Crippen LogP contribution in [0.15, 0.2) is 0 Å². The van der Waals surface area contributed by atoms with Gasteiger partial charge in [-0.1, -0.05) is 13.3 Å². The quantitative estimate of drug-likeness (QED) is 0.279. The van der Waals surface area contributed by atoms with Crippen LogP contribution in [0.25, 0.3) is 0 Å². The van der Waals surface area contributed by atoms with Crippen LogP contribution < -0.4 is 31.9 Å². The highest BCUT2D eigenvalue weighted by Gasteiger charge is 2.37. The van der Waals surface area contributed by atoms with E-state index in [1.165, 1.54) is 77.5 Å². The molecular weight excluding hydrogens is 500 g/mol. The first-order chi connectivity index (χ1) is 19.6. The molecule has 6 N–H and O–H groups in total. The Labute approximate surface area is 243 Å². The van der Waals surface area contributed by atoms with Gasteiger partial charge in [-0.2, -0.15) is 0 Å². The molecule has 9 atom stereocenters. The van der Waals surface area contributed by atoms with Gasteiger partial charge in [0.2, 0.25) is 5.91 Å². The molecule has 6 fully saturated rings. The molecule has 0 bridgehead atoms. The maximum Gasteiger partial charge on any atom is 0.224 e. The van der Waals surface area contributed by atoms with E-state index in [0.717, 1.165) is 51.9 Å². The van der Waals surface area contributed by atoms with Gasteiger partial charge >= 0.3 is 0 Å².